The highest BCUT2D eigenvalue weighted by Gasteiger charge is 2.39. The summed E-state index contributed by atoms with van der Waals surface area (Å²) in [6.45, 7) is 5.42. The van der Waals surface area contributed by atoms with Crippen molar-refractivity contribution in [3.05, 3.63) is 36.9 Å². The number of fused-ring (bicyclic) bond motifs is 1. The van der Waals surface area contributed by atoms with E-state index in [1.807, 2.05) is 50.2 Å². The third kappa shape index (κ3) is 4.71. The van der Waals surface area contributed by atoms with Crippen LogP contribution in [0.3, 0.4) is 0 Å². The molecule has 3 aromatic rings. The predicted molar refractivity (Wildman–Crippen MR) is 122 cm³/mol. The average molecular weight is 486 g/mol. The van der Waals surface area contributed by atoms with Crippen LogP contribution in [0.2, 0.25) is 0 Å². The highest BCUT2D eigenvalue weighted by molar-refractivity contribution is 6.67. The van der Waals surface area contributed by atoms with Gasteiger partial charge in [0.15, 0.2) is 0 Å². The van der Waals surface area contributed by atoms with Crippen LogP contribution in [0.5, 0.6) is 0 Å². The molecule has 166 valence electrons. The number of hydrogen-bond donors (Lipinski definition) is 0. The second-order valence-corrected chi connectivity index (χ2v) is 10.8. The number of anilines is 1. The molecule has 31 heavy (non-hydrogen) atoms. The molecule has 1 saturated heterocycles. The van der Waals surface area contributed by atoms with Crippen molar-refractivity contribution < 1.29 is 9.53 Å². The number of hydrogen-bond acceptors (Lipinski definition) is 5. The second kappa shape index (κ2) is 8.07. The summed E-state index contributed by atoms with van der Waals surface area (Å²) < 4.78 is 7.19. The maximum Gasteiger partial charge on any atom is 0.410 e. The molecule has 11 heteroatoms. The van der Waals surface area contributed by atoms with Crippen LogP contribution >= 0.6 is 34.8 Å². The number of rotatable bonds is 3. The standard InChI is InChI=1S/C20H23Cl3N6O2/c1-19(2)12-27(6-7-28(19)18(30)31-13-20(21,22)23)17-9-25-29-11-14(4-5-16(17)29)15-8-24-26(3)10-15/h4-5,8-11H,6-7,12-13H2,1-3H3. The second-order valence-electron chi connectivity index (χ2n) is 8.24. The molecule has 8 nitrogen and oxygen atoms in total. The van der Waals surface area contributed by atoms with Crippen LogP contribution in [0, 0.1) is 0 Å². The Morgan fingerprint density at radius 1 is 1.13 bits per heavy atom. The molecular weight excluding hydrogens is 463 g/mol. The average Bonchev–Trinajstić information content (AvgIpc) is 3.30. The molecule has 0 atom stereocenters. The molecule has 1 fully saturated rings. The van der Waals surface area contributed by atoms with E-state index in [1.54, 1.807) is 9.58 Å². The largest absolute Gasteiger partial charge is 0.445 e. The van der Waals surface area contributed by atoms with Gasteiger partial charge in [-0.3, -0.25) is 9.58 Å². The van der Waals surface area contributed by atoms with Gasteiger partial charge in [-0.25, -0.2) is 9.31 Å². The quantitative estimate of drug-likeness (QED) is 0.522. The van der Waals surface area contributed by atoms with E-state index < -0.39 is 15.4 Å². The zero-order chi connectivity index (χ0) is 22.4. The Labute approximate surface area is 195 Å². The molecule has 0 saturated carbocycles. The fourth-order valence-electron chi connectivity index (χ4n) is 3.88. The summed E-state index contributed by atoms with van der Waals surface area (Å²) in [7, 11) is 1.89. The SMILES string of the molecule is Cn1cc(-c2ccc3c(N4CCN(C(=O)OCC(Cl)(Cl)Cl)C(C)(C)C4)cnn3c2)cn1. The number of carbonyl (C=O) groups excluding carboxylic acids is 1. The number of pyridine rings is 1. The summed E-state index contributed by atoms with van der Waals surface area (Å²) in [4.78, 5) is 16.4. The van der Waals surface area contributed by atoms with Crippen molar-refractivity contribution in [2.24, 2.45) is 7.05 Å². The van der Waals surface area contributed by atoms with Gasteiger partial charge in [0.05, 0.1) is 29.1 Å². The number of alkyl halides is 3. The number of ether oxygens (including phenoxy) is 1. The first-order valence-corrected chi connectivity index (χ1v) is 10.9. The summed E-state index contributed by atoms with van der Waals surface area (Å²) in [5, 5.41) is 8.77. The molecule has 1 aliphatic rings. The molecule has 0 aliphatic carbocycles. The van der Waals surface area contributed by atoms with Crippen LogP contribution in [0.4, 0.5) is 10.5 Å². The van der Waals surface area contributed by atoms with Gasteiger partial charge in [-0.2, -0.15) is 10.2 Å². The number of nitrogens with zero attached hydrogens (tertiary/aromatic N) is 6. The lowest BCUT2D eigenvalue weighted by Crippen LogP contribution is -2.61. The Morgan fingerprint density at radius 2 is 1.90 bits per heavy atom. The molecule has 4 heterocycles. The topological polar surface area (TPSA) is 67.9 Å². The molecule has 0 radical (unpaired) electrons. The zero-order valence-corrected chi connectivity index (χ0v) is 19.7. The van der Waals surface area contributed by atoms with Gasteiger partial charge in [-0.05, 0) is 19.9 Å². The van der Waals surface area contributed by atoms with E-state index in [2.05, 4.69) is 27.2 Å². The Balaban J connectivity index is 1.51. The van der Waals surface area contributed by atoms with Crippen molar-refractivity contribution in [3.63, 3.8) is 0 Å². The maximum absolute atomic E-state index is 12.5. The van der Waals surface area contributed by atoms with Gasteiger partial charge in [0, 0.05) is 50.2 Å². The van der Waals surface area contributed by atoms with Crippen molar-refractivity contribution in [2.75, 3.05) is 31.1 Å². The van der Waals surface area contributed by atoms with Crippen molar-refractivity contribution in [1.82, 2.24) is 24.3 Å². The maximum atomic E-state index is 12.5. The highest BCUT2D eigenvalue weighted by Crippen LogP contribution is 2.31. The summed E-state index contributed by atoms with van der Waals surface area (Å²) >= 11 is 17.1. The smallest absolute Gasteiger partial charge is 0.410 e. The van der Waals surface area contributed by atoms with Crippen LogP contribution in [0.1, 0.15) is 13.8 Å². The van der Waals surface area contributed by atoms with Crippen molar-refractivity contribution in [3.8, 4) is 11.1 Å². The lowest BCUT2D eigenvalue weighted by atomic mass is 9.99. The summed E-state index contributed by atoms with van der Waals surface area (Å²) in [5.41, 5.74) is 3.60. The molecule has 0 unspecified atom stereocenters. The first-order chi connectivity index (χ1) is 14.5. The van der Waals surface area contributed by atoms with Crippen molar-refractivity contribution >= 4 is 52.1 Å². The Morgan fingerprint density at radius 3 is 2.55 bits per heavy atom. The van der Waals surface area contributed by atoms with Crippen LogP contribution < -0.4 is 4.90 Å². The Kier molecular flexibility index (Phi) is 5.74. The van der Waals surface area contributed by atoms with E-state index in [0.717, 1.165) is 22.3 Å². The number of aromatic nitrogens is 4. The summed E-state index contributed by atoms with van der Waals surface area (Å²) in [6.07, 6.45) is 7.15. The zero-order valence-electron chi connectivity index (χ0n) is 17.4. The predicted octanol–water partition coefficient (Wildman–Crippen LogP) is 4.14. The first-order valence-electron chi connectivity index (χ1n) is 9.76. The minimum atomic E-state index is -1.63. The molecule has 0 spiro atoms. The lowest BCUT2D eigenvalue weighted by Gasteiger charge is -2.46. The molecule has 0 N–H and O–H groups in total. The molecule has 0 aromatic carbocycles. The third-order valence-corrected chi connectivity index (χ3v) is 5.68. The van der Waals surface area contributed by atoms with Crippen molar-refractivity contribution in [1.29, 1.82) is 0 Å². The van der Waals surface area contributed by atoms with E-state index in [-0.39, 0.29) is 6.61 Å². The Bertz CT molecular complexity index is 1100. The molecular formula is C20H23Cl3N6O2. The van der Waals surface area contributed by atoms with Crippen LogP contribution in [0.15, 0.2) is 36.9 Å². The van der Waals surface area contributed by atoms with E-state index >= 15 is 0 Å². The lowest BCUT2D eigenvalue weighted by molar-refractivity contribution is 0.0571. The number of amides is 1. The Hall–Kier alpha value is -2.16. The first kappa shape index (κ1) is 22.0. The summed E-state index contributed by atoms with van der Waals surface area (Å²) in [6, 6.07) is 4.12. The van der Waals surface area contributed by atoms with E-state index in [4.69, 9.17) is 39.5 Å². The molecule has 0 bridgehead atoms. The number of halogens is 3. The molecule has 3 aromatic heterocycles. The number of carbonyl (C=O) groups is 1. The van der Waals surface area contributed by atoms with E-state index in [0.29, 0.717) is 19.6 Å². The van der Waals surface area contributed by atoms with Gasteiger partial charge in [0.2, 0.25) is 3.79 Å². The minimum absolute atomic E-state index is 0.292. The van der Waals surface area contributed by atoms with Gasteiger partial charge in [-0.1, -0.05) is 40.9 Å². The van der Waals surface area contributed by atoms with Crippen LogP contribution in [0.25, 0.3) is 16.6 Å². The van der Waals surface area contributed by atoms with Gasteiger partial charge in [0.25, 0.3) is 0 Å². The molecule has 1 aliphatic heterocycles. The summed E-state index contributed by atoms with van der Waals surface area (Å²) in [5.74, 6) is 0. The number of piperazine rings is 1. The van der Waals surface area contributed by atoms with Gasteiger partial charge < -0.3 is 9.64 Å². The van der Waals surface area contributed by atoms with Crippen molar-refractivity contribution in [2.45, 2.75) is 23.2 Å². The number of aryl methyl sites for hydroxylation is 1. The van der Waals surface area contributed by atoms with Gasteiger partial charge in [-0.15, -0.1) is 0 Å². The molecule has 4 rings (SSSR count). The molecule has 1 amide bonds. The van der Waals surface area contributed by atoms with Crippen LogP contribution in [-0.2, 0) is 11.8 Å². The van der Waals surface area contributed by atoms with E-state index in [1.165, 1.54) is 0 Å². The van der Waals surface area contributed by atoms with Crippen LogP contribution in [-0.4, -0.2) is 66.0 Å². The fraction of sp³-hybridized carbons (Fsp3) is 0.450. The third-order valence-electron chi connectivity index (χ3n) is 5.36. The normalized spacial score (nSPS) is 16.7. The monoisotopic (exact) mass is 484 g/mol. The fourth-order valence-corrected chi connectivity index (χ4v) is 4.04. The van der Waals surface area contributed by atoms with E-state index in [9.17, 15) is 4.79 Å². The van der Waals surface area contributed by atoms with Gasteiger partial charge in [0.1, 0.15) is 6.61 Å². The minimum Gasteiger partial charge on any atom is -0.445 e. The highest BCUT2D eigenvalue weighted by atomic mass is 35.6. The van der Waals surface area contributed by atoms with Gasteiger partial charge >= 0.3 is 6.09 Å².